The lowest BCUT2D eigenvalue weighted by Crippen LogP contribution is -2.38. The maximum absolute atomic E-state index is 12.3. The number of benzene rings is 1. The van der Waals surface area contributed by atoms with E-state index in [-0.39, 0.29) is 11.3 Å². The Morgan fingerprint density at radius 1 is 1.38 bits per heavy atom. The van der Waals surface area contributed by atoms with E-state index in [1.54, 1.807) is 7.11 Å². The molecular weight excluding hydrogens is 264 g/mol. The first-order valence-corrected chi connectivity index (χ1v) is 7.57. The van der Waals surface area contributed by atoms with Crippen molar-refractivity contribution in [2.75, 3.05) is 38.3 Å². The quantitative estimate of drug-likeness (QED) is 0.845. The Bertz CT molecular complexity index is 506. The fourth-order valence-corrected chi connectivity index (χ4v) is 2.59. The summed E-state index contributed by atoms with van der Waals surface area (Å²) in [5.74, 6) is 0.133. The first-order chi connectivity index (χ1) is 9.93. The largest absolute Gasteiger partial charge is 0.383 e. The molecule has 0 fully saturated rings. The lowest BCUT2D eigenvalue weighted by molar-refractivity contribution is -0.117. The number of nitrogens with one attached hydrogen (secondary N) is 1. The molecule has 4 heteroatoms. The zero-order chi connectivity index (χ0) is 15.5. The number of anilines is 1. The van der Waals surface area contributed by atoms with E-state index in [1.807, 2.05) is 4.90 Å². The monoisotopic (exact) mass is 290 g/mol. The van der Waals surface area contributed by atoms with Crippen LogP contribution in [0.5, 0.6) is 0 Å². The minimum atomic E-state index is 0.133. The Kier molecular flexibility index (Phi) is 5.01. The summed E-state index contributed by atoms with van der Waals surface area (Å²) in [5.41, 5.74) is 3.83. The van der Waals surface area contributed by atoms with Gasteiger partial charge in [-0.3, -0.25) is 4.79 Å². The normalized spacial score (nSPS) is 14.4. The summed E-state index contributed by atoms with van der Waals surface area (Å²) in [5, 5.41) is 3.11. The number of rotatable bonds is 5. The SMILES string of the molecule is COCCNCC(=O)N1CCc2cc(C(C)(C)C)ccc21. The molecule has 1 N–H and O–H groups in total. The van der Waals surface area contributed by atoms with E-state index < -0.39 is 0 Å². The molecule has 0 bridgehead atoms. The number of amides is 1. The topological polar surface area (TPSA) is 41.6 Å². The molecule has 0 saturated heterocycles. The van der Waals surface area contributed by atoms with Gasteiger partial charge in [0.05, 0.1) is 13.2 Å². The van der Waals surface area contributed by atoms with Crippen molar-refractivity contribution in [1.82, 2.24) is 5.32 Å². The Balaban J connectivity index is 2.03. The van der Waals surface area contributed by atoms with E-state index in [1.165, 1.54) is 11.1 Å². The third kappa shape index (κ3) is 3.83. The second kappa shape index (κ2) is 6.58. The standard InChI is InChI=1S/C17H26N2O2/c1-17(2,3)14-5-6-15-13(11-14)7-9-19(15)16(20)12-18-8-10-21-4/h5-6,11,18H,7-10,12H2,1-4H3. The minimum absolute atomic E-state index is 0.133. The zero-order valence-corrected chi connectivity index (χ0v) is 13.5. The zero-order valence-electron chi connectivity index (χ0n) is 13.5. The summed E-state index contributed by atoms with van der Waals surface area (Å²) in [6, 6.07) is 6.49. The molecule has 0 aromatic heterocycles. The van der Waals surface area contributed by atoms with E-state index in [0.717, 1.165) is 18.7 Å². The van der Waals surface area contributed by atoms with Gasteiger partial charge in [-0.2, -0.15) is 0 Å². The smallest absolute Gasteiger partial charge is 0.240 e. The molecule has 0 saturated carbocycles. The van der Waals surface area contributed by atoms with Crippen LogP contribution in [0.25, 0.3) is 0 Å². The third-order valence-corrected chi connectivity index (χ3v) is 3.90. The van der Waals surface area contributed by atoms with E-state index in [0.29, 0.717) is 19.7 Å². The molecular formula is C17H26N2O2. The molecule has 1 aromatic carbocycles. The van der Waals surface area contributed by atoms with Crippen molar-refractivity contribution < 1.29 is 9.53 Å². The van der Waals surface area contributed by atoms with Crippen molar-refractivity contribution in [3.63, 3.8) is 0 Å². The van der Waals surface area contributed by atoms with Gasteiger partial charge >= 0.3 is 0 Å². The maximum Gasteiger partial charge on any atom is 0.240 e. The van der Waals surface area contributed by atoms with Crippen LogP contribution in [0.1, 0.15) is 31.9 Å². The molecule has 4 nitrogen and oxygen atoms in total. The molecule has 0 unspecified atom stereocenters. The van der Waals surface area contributed by atoms with Crippen LogP contribution in [0.4, 0.5) is 5.69 Å². The van der Waals surface area contributed by atoms with Gasteiger partial charge < -0.3 is 15.0 Å². The lowest BCUT2D eigenvalue weighted by atomic mass is 9.86. The minimum Gasteiger partial charge on any atom is -0.383 e. The summed E-state index contributed by atoms with van der Waals surface area (Å²) < 4.78 is 4.96. The van der Waals surface area contributed by atoms with Gasteiger partial charge in [-0.25, -0.2) is 0 Å². The molecule has 21 heavy (non-hydrogen) atoms. The van der Waals surface area contributed by atoms with Gasteiger partial charge in [0.25, 0.3) is 0 Å². The molecule has 2 rings (SSSR count). The highest BCUT2D eigenvalue weighted by atomic mass is 16.5. The first-order valence-electron chi connectivity index (χ1n) is 7.57. The van der Waals surface area contributed by atoms with Crippen molar-refractivity contribution in [1.29, 1.82) is 0 Å². The summed E-state index contributed by atoms with van der Waals surface area (Å²) in [4.78, 5) is 14.2. The fourth-order valence-electron chi connectivity index (χ4n) is 2.59. The van der Waals surface area contributed by atoms with Crippen LogP contribution in [0.2, 0.25) is 0 Å². The number of carbonyl (C=O) groups excluding carboxylic acids is 1. The summed E-state index contributed by atoms with van der Waals surface area (Å²) in [6.07, 6.45) is 0.947. The highest BCUT2D eigenvalue weighted by Crippen LogP contribution is 2.32. The lowest BCUT2D eigenvalue weighted by Gasteiger charge is -2.22. The number of ether oxygens (including phenoxy) is 1. The van der Waals surface area contributed by atoms with Crippen molar-refractivity contribution in [2.24, 2.45) is 0 Å². The average Bonchev–Trinajstić information content (AvgIpc) is 2.85. The Hall–Kier alpha value is -1.39. The molecule has 1 heterocycles. The van der Waals surface area contributed by atoms with Gasteiger partial charge in [-0.15, -0.1) is 0 Å². The summed E-state index contributed by atoms with van der Waals surface area (Å²) in [6.45, 7) is 9.12. The van der Waals surface area contributed by atoms with E-state index >= 15 is 0 Å². The van der Waals surface area contributed by atoms with Crippen molar-refractivity contribution in [3.05, 3.63) is 29.3 Å². The van der Waals surface area contributed by atoms with Gasteiger partial charge in [0.15, 0.2) is 0 Å². The Morgan fingerprint density at radius 2 is 2.14 bits per heavy atom. The molecule has 1 aliphatic heterocycles. The molecule has 1 aliphatic rings. The summed E-state index contributed by atoms with van der Waals surface area (Å²) in [7, 11) is 1.66. The molecule has 0 atom stereocenters. The second-order valence-electron chi connectivity index (χ2n) is 6.56. The fraction of sp³-hybridized carbons (Fsp3) is 0.588. The van der Waals surface area contributed by atoms with Gasteiger partial charge in [0.1, 0.15) is 0 Å². The van der Waals surface area contributed by atoms with Crippen LogP contribution in [-0.4, -0.2) is 39.3 Å². The predicted octanol–water partition coefficient (Wildman–Crippen LogP) is 2.11. The third-order valence-electron chi connectivity index (χ3n) is 3.90. The van der Waals surface area contributed by atoms with Gasteiger partial charge in [-0.05, 0) is 29.0 Å². The number of fused-ring (bicyclic) bond motifs is 1. The number of methoxy groups -OCH3 is 1. The Labute approximate surface area is 127 Å². The molecule has 0 spiro atoms. The van der Waals surface area contributed by atoms with Crippen LogP contribution >= 0.6 is 0 Å². The number of carbonyl (C=O) groups is 1. The molecule has 0 aliphatic carbocycles. The van der Waals surface area contributed by atoms with E-state index in [9.17, 15) is 4.79 Å². The van der Waals surface area contributed by atoms with Crippen LogP contribution in [0.3, 0.4) is 0 Å². The van der Waals surface area contributed by atoms with Crippen molar-refractivity contribution >= 4 is 11.6 Å². The molecule has 1 amide bonds. The van der Waals surface area contributed by atoms with Crippen LogP contribution in [0, 0.1) is 0 Å². The van der Waals surface area contributed by atoms with E-state index in [2.05, 4.69) is 44.3 Å². The highest BCUT2D eigenvalue weighted by molar-refractivity contribution is 5.96. The molecule has 0 radical (unpaired) electrons. The number of hydrogen-bond acceptors (Lipinski definition) is 3. The Morgan fingerprint density at radius 3 is 2.81 bits per heavy atom. The molecule has 1 aromatic rings. The van der Waals surface area contributed by atoms with Crippen molar-refractivity contribution in [2.45, 2.75) is 32.6 Å². The average molecular weight is 290 g/mol. The highest BCUT2D eigenvalue weighted by Gasteiger charge is 2.25. The van der Waals surface area contributed by atoms with Crippen LogP contribution in [0.15, 0.2) is 18.2 Å². The number of hydrogen-bond donors (Lipinski definition) is 1. The number of nitrogens with zero attached hydrogens (tertiary/aromatic N) is 1. The first kappa shape index (κ1) is 16.0. The predicted molar refractivity (Wildman–Crippen MR) is 85.9 cm³/mol. The maximum atomic E-state index is 12.3. The van der Waals surface area contributed by atoms with Gasteiger partial charge in [0.2, 0.25) is 5.91 Å². The van der Waals surface area contributed by atoms with Gasteiger partial charge in [-0.1, -0.05) is 32.9 Å². The van der Waals surface area contributed by atoms with Gasteiger partial charge in [0, 0.05) is 25.9 Å². The van der Waals surface area contributed by atoms with Crippen LogP contribution in [-0.2, 0) is 21.4 Å². The summed E-state index contributed by atoms with van der Waals surface area (Å²) >= 11 is 0. The van der Waals surface area contributed by atoms with Crippen molar-refractivity contribution in [3.8, 4) is 0 Å². The van der Waals surface area contributed by atoms with Crippen LogP contribution < -0.4 is 10.2 Å². The second-order valence-corrected chi connectivity index (χ2v) is 6.56. The van der Waals surface area contributed by atoms with E-state index in [4.69, 9.17) is 4.74 Å². The molecule has 116 valence electrons.